The van der Waals surface area contributed by atoms with E-state index in [9.17, 15) is 0 Å². The molecule has 1 heterocycles. The number of rotatable bonds is 2. The van der Waals surface area contributed by atoms with Crippen molar-refractivity contribution in [1.82, 2.24) is 9.97 Å². The Hall–Kier alpha value is -1.74. The molecule has 18 heavy (non-hydrogen) atoms. The number of benzene rings is 1. The number of aromatic nitrogens is 2. The van der Waals surface area contributed by atoms with E-state index in [1.54, 1.807) is 0 Å². The lowest BCUT2D eigenvalue weighted by atomic mass is 9.98. The van der Waals surface area contributed by atoms with Crippen molar-refractivity contribution in [1.29, 1.82) is 0 Å². The van der Waals surface area contributed by atoms with Crippen LogP contribution < -0.4 is 5.73 Å². The number of hydrogen-bond acceptors (Lipinski definition) is 3. The Morgan fingerprint density at radius 2 is 1.56 bits per heavy atom. The van der Waals surface area contributed by atoms with Gasteiger partial charge in [-0.05, 0) is 56.5 Å². The predicted molar refractivity (Wildman–Crippen MR) is 74.3 cm³/mol. The van der Waals surface area contributed by atoms with Gasteiger partial charge in [0.25, 0.3) is 0 Å². The van der Waals surface area contributed by atoms with E-state index in [4.69, 9.17) is 5.73 Å². The number of nitrogens with two attached hydrogens (primary N) is 1. The third-order valence-corrected chi connectivity index (χ3v) is 3.22. The maximum atomic E-state index is 5.67. The third kappa shape index (κ3) is 2.41. The zero-order valence-electron chi connectivity index (χ0n) is 11.4. The van der Waals surface area contributed by atoms with Crippen LogP contribution in [-0.2, 0) is 6.54 Å². The summed E-state index contributed by atoms with van der Waals surface area (Å²) in [6, 6.07) is 6.36. The first-order chi connectivity index (χ1) is 8.51. The van der Waals surface area contributed by atoms with Crippen molar-refractivity contribution < 1.29 is 0 Å². The summed E-state index contributed by atoms with van der Waals surface area (Å²) < 4.78 is 0. The van der Waals surface area contributed by atoms with Crippen LogP contribution in [0.4, 0.5) is 0 Å². The fourth-order valence-electron chi connectivity index (χ4n) is 2.11. The Kier molecular flexibility index (Phi) is 3.43. The average molecular weight is 241 g/mol. The average Bonchev–Trinajstić information content (AvgIpc) is 2.33. The summed E-state index contributed by atoms with van der Waals surface area (Å²) >= 11 is 0. The van der Waals surface area contributed by atoms with Gasteiger partial charge in [-0.1, -0.05) is 6.07 Å². The van der Waals surface area contributed by atoms with Gasteiger partial charge in [-0.15, -0.1) is 0 Å². The van der Waals surface area contributed by atoms with Crippen molar-refractivity contribution in [2.75, 3.05) is 0 Å². The summed E-state index contributed by atoms with van der Waals surface area (Å²) in [5.74, 6) is 0.769. The van der Waals surface area contributed by atoms with Gasteiger partial charge >= 0.3 is 0 Å². The van der Waals surface area contributed by atoms with Gasteiger partial charge in [-0.25, -0.2) is 9.97 Å². The summed E-state index contributed by atoms with van der Waals surface area (Å²) in [6.07, 6.45) is 0. The van der Waals surface area contributed by atoms with Crippen LogP contribution in [0.1, 0.15) is 28.2 Å². The first kappa shape index (κ1) is 12.7. The molecule has 0 atom stereocenters. The minimum absolute atomic E-state index is 0.445. The van der Waals surface area contributed by atoms with Crippen molar-refractivity contribution in [3.05, 3.63) is 46.4 Å². The van der Waals surface area contributed by atoms with E-state index in [2.05, 4.69) is 42.9 Å². The third-order valence-electron chi connectivity index (χ3n) is 3.22. The van der Waals surface area contributed by atoms with Crippen molar-refractivity contribution in [2.45, 2.75) is 34.2 Å². The van der Waals surface area contributed by atoms with Crippen molar-refractivity contribution >= 4 is 0 Å². The molecule has 2 aromatic rings. The van der Waals surface area contributed by atoms with Gasteiger partial charge in [-0.3, -0.25) is 0 Å². The molecule has 0 fully saturated rings. The molecule has 0 saturated carbocycles. The second-order valence-electron chi connectivity index (χ2n) is 4.75. The summed E-state index contributed by atoms with van der Waals surface area (Å²) in [7, 11) is 0. The minimum atomic E-state index is 0.445. The Balaban J connectivity index is 2.61. The van der Waals surface area contributed by atoms with E-state index < -0.39 is 0 Å². The molecule has 0 unspecified atom stereocenters. The molecule has 0 saturated heterocycles. The molecule has 2 rings (SSSR count). The van der Waals surface area contributed by atoms with E-state index in [0.717, 1.165) is 17.2 Å². The quantitative estimate of drug-likeness (QED) is 0.879. The molecule has 3 nitrogen and oxygen atoms in total. The second-order valence-corrected chi connectivity index (χ2v) is 4.75. The summed E-state index contributed by atoms with van der Waals surface area (Å²) in [4.78, 5) is 8.83. The molecular weight excluding hydrogens is 222 g/mol. The second kappa shape index (κ2) is 4.86. The molecule has 3 heteroatoms. The maximum absolute atomic E-state index is 5.67. The Morgan fingerprint density at radius 1 is 0.889 bits per heavy atom. The van der Waals surface area contributed by atoms with Crippen molar-refractivity contribution in [2.24, 2.45) is 5.73 Å². The molecule has 2 N–H and O–H groups in total. The molecule has 0 amide bonds. The molecular formula is C15H19N3. The van der Waals surface area contributed by atoms with Gasteiger partial charge in [0.1, 0.15) is 5.82 Å². The molecule has 0 aliphatic carbocycles. The molecule has 0 bridgehead atoms. The van der Waals surface area contributed by atoms with E-state index in [1.165, 1.54) is 22.3 Å². The lowest BCUT2D eigenvalue weighted by molar-refractivity contribution is 0.929. The van der Waals surface area contributed by atoms with Gasteiger partial charge in [0, 0.05) is 12.1 Å². The van der Waals surface area contributed by atoms with Crippen molar-refractivity contribution in [3.8, 4) is 11.3 Å². The molecule has 0 spiro atoms. The topological polar surface area (TPSA) is 51.8 Å². The van der Waals surface area contributed by atoms with E-state index in [0.29, 0.717) is 6.54 Å². The van der Waals surface area contributed by atoms with E-state index in [1.807, 2.05) is 13.0 Å². The number of hydrogen-bond donors (Lipinski definition) is 1. The Labute approximate surface area is 108 Å². The van der Waals surface area contributed by atoms with E-state index in [-0.39, 0.29) is 0 Å². The van der Waals surface area contributed by atoms with Crippen LogP contribution in [0, 0.1) is 27.7 Å². The molecule has 0 aliphatic rings. The van der Waals surface area contributed by atoms with Crippen LogP contribution in [0.25, 0.3) is 11.3 Å². The van der Waals surface area contributed by atoms with Crippen LogP contribution in [0.5, 0.6) is 0 Å². The fraction of sp³-hybridized carbons (Fsp3) is 0.333. The highest BCUT2D eigenvalue weighted by atomic mass is 14.9. The molecule has 0 radical (unpaired) electrons. The maximum Gasteiger partial charge on any atom is 0.126 e. The summed E-state index contributed by atoms with van der Waals surface area (Å²) in [5.41, 5.74) is 12.5. The van der Waals surface area contributed by atoms with Crippen LogP contribution in [-0.4, -0.2) is 9.97 Å². The first-order valence-electron chi connectivity index (χ1n) is 6.14. The predicted octanol–water partition coefficient (Wildman–Crippen LogP) is 2.84. The Bertz CT molecular complexity index is 589. The normalized spacial score (nSPS) is 10.7. The highest BCUT2D eigenvalue weighted by Gasteiger charge is 2.08. The fourth-order valence-corrected chi connectivity index (χ4v) is 2.11. The van der Waals surface area contributed by atoms with Crippen LogP contribution >= 0.6 is 0 Å². The SMILES string of the molecule is Cc1nc(CN)cc(-c2cc(C)c(C)cc2C)n1. The molecule has 1 aromatic heterocycles. The number of nitrogens with zero attached hydrogens (tertiary/aromatic N) is 2. The number of aryl methyl sites for hydroxylation is 4. The highest BCUT2D eigenvalue weighted by molar-refractivity contribution is 5.65. The summed E-state index contributed by atoms with van der Waals surface area (Å²) in [5, 5.41) is 0. The minimum Gasteiger partial charge on any atom is -0.325 e. The molecule has 94 valence electrons. The largest absolute Gasteiger partial charge is 0.325 e. The zero-order chi connectivity index (χ0) is 13.3. The van der Waals surface area contributed by atoms with Gasteiger partial charge in [0.05, 0.1) is 11.4 Å². The standard InChI is InChI=1S/C15H19N3/c1-9-5-11(3)14(6-10(9)2)15-7-13(8-16)17-12(4)18-15/h5-7H,8,16H2,1-4H3. The van der Waals surface area contributed by atoms with Gasteiger partial charge in [0.15, 0.2) is 0 Å². The smallest absolute Gasteiger partial charge is 0.126 e. The van der Waals surface area contributed by atoms with Gasteiger partial charge in [0.2, 0.25) is 0 Å². The lowest BCUT2D eigenvalue weighted by Gasteiger charge is -2.11. The molecule has 1 aromatic carbocycles. The Morgan fingerprint density at radius 3 is 2.22 bits per heavy atom. The van der Waals surface area contributed by atoms with Crippen LogP contribution in [0.2, 0.25) is 0 Å². The molecule has 0 aliphatic heterocycles. The van der Waals surface area contributed by atoms with E-state index >= 15 is 0 Å². The van der Waals surface area contributed by atoms with Gasteiger partial charge < -0.3 is 5.73 Å². The summed E-state index contributed by atoms with van der Waals surface area (Å²) in [6.45, 7) is 8.71. The monoisotopic (exact) mass is 241 g/mol. The highest BCUT2D eigenvalue weighted by Crippen LogP contribution is 2.25. The lowest BCUT2D eigenvalue weighted by Crippen LogP contribution is -2.04. The van der Waals surface area contributed by atoms with Crippen LogP contribution in [0.15, 0.2) is 18.2 Å². The first-order valence-corrected chi connectivity index (χ1v) is 6.14. The van der Waals surface area contributed by atoms with Crippen molar-refractivity contribution in [3.63, 3.8) is 0 Å². The van der Waals surface area contributed by atoms with Gasteiger partial charge in [-0.2, -0.15) is 0 Å². The van der Waals surface area contributed by atoms with Crippen LogP contribution in [0.3, 0.4) is 0 Å². The zero-order valence-corrected chi connectivity index (χ0v) is 11.4.